The molecule has 150 valence electrons. The molecule has 0 saturated carbocycles. The number of nitrogens with one attached hydrogen (secondary N) is 2. The number of benzene rings is 2. The van der Waals surface area contributed by atoms with Gasteiger partial charge in [0.1, 0.15) is 17.7 Å². The minimum Gasteiger partial charge on any atom is -0.349 e. The molecule has 0 aliphatic heterocycles. The fourth-order valence-corrected chi connectivity index (χ4v) is 3.05. The third kappa shape index (κ3) is 5.28. The molecular formula is C22H23FN4O2. The van der Waals surface area contributed by atoms with Gasteiger partial charge in [-0.25, -0.2) is 9.37 Å². The normalized spacial score (nSPS) is 12.8. The van der Waals surface area contributed by atoms with Crippen LogP contribution in [0.25, 0.3) is 0 Å². The Labute approximate surface area is 168 Å². The fraction of sp³-hybridized carbons (Fsp3) is 0.227. The smallest absolute Gasteiger partial charge is 0.251 e. The Morgan fingerprint density at radius 2 is 1.76 bits per heavy atom. The summed E-state index contributed by atoms with van der Waals surface area (Å²) >= 11 is 0. The molecule has 0 radical (unpaired) electrons. The number of aryl methyl sites for hydroxylation is 1. The first-order chi connectivity index (χ1) is 13.9. The van der Waals surface area contributed by atoms with Gasteiger partial charge in [0.2, 0.25) is 5.91 Å². The molecule has 1 heterocycles. The van der Waals surface area contributed by atoms with Crippen LogP contribution in [0.1, 0.15) is 41.1 Å². The summed E-state index contributed by atoms with van der Waals surface area (Å²) in [5.74, 6) is -0.199. The average Bonchev–Trinajstić information content (AvgIpc) is 3.13. The van der Waals surface area contributed by atoms with Crippen LogP contribution >= 0.6 is 0 Å². The van der Waals surface area contributed by atoms with Gasteiger partial charge in [-0.15, -0.1) is 0 Å². The van der Waals surface area contributed by atoms with Crippen LogP contribution in [0.5, 0.6) is 0 Å². The zero-order valence-electron chi connectivity index (χ0n) is 16.3. The van der Waals surface area contributed by atoms with E-state index in [1.54, 1.807) is 60.3 Å². The Morgan fingerprint density at radius 3 is 2.38 bits per heavy atom. The quantitative estimate of drug-likeness (QED) is 0.647. The van der Waals surface area contributed by atoms with Crippen molar-refractivity contribution in [1.29, 1.82) is 0 Å². The molecular weight excluding hydrogens is 371 g/mol. The summed E-state index contributed by atoms with van der Waals surface area (Å²) in [7, 11) is 1.83. The minimum atomic E-state index is -0.528. The topological polar surface area (TPSA) is 76.0 Å². The van der Waals surface area contributed by atoms with Crippen LogP contribution in [-0.4, -0.2) is 27.4 Å². The molecule has 2 N–H and O–H groups in total. The molecule has 0 saturated heterocycles. The van der Waals surface area contributed by atoms with Gasteiger partial charge in [-0.2, -0.15) is 0 Å². The molecule has 0 fully saturated rings. The van der Waals surface area contributed by atoms with Crippen molar-refractivity contribution in [2.45, 2.75) is 25.4 Å². The number of halogens is 1. The average molecular weight is 394 g/mol. The van der Waals surface area contributed by atoms with Crippen molar-refractivity contribution >= 4 is 11.8 Å². The maximum atomic E-state index is 13.3. The standard InChI is InChI=1S/C22H23FN4O2/c1-15(25-22(29)17-6-4-3-5-7-17)14-19(28)26-20(21-24-12-13-27(21)2)16-8-10-18(23)11-9-16/h3-13,15,20H,14H2,1-2H3,(H,25,29)(H,26,28). The molecule has 29 heavy (non-hydrogen) atoms. The number of hydrogen-bond donors (Lipinski definition) is 2. The predicted octanol–water partition coefficient (Wildman–Crippen LogP) is 2.97. The van der Waals surface area contributed by atoms with E-state index < -0.39 is 6.04 Å². The van der Waals surface area contributed by atoms with Gasteiger partial charge in [-0.1, -0.05) is 30.3 Å². The van der Waals surface area contributed by atoms with Crippen molar-refractivity contribution in [3.8, 4) is 0 Å². The van der Waals surface area contributed by atoms with Crippen LogP contribution in [0.15, 0.2) is 67.0 Å². The lowest BCUT2D eigenvalue weighted by molar-refractivity contribution is -0.122. The molecule has 7 heteroatoms. The van der Waals surface area contributed by atoms with Crippen LogP contribution in [0, 0.1) is 5.82 Å². The van der Waals surface area contributed by atoms with E-state index in [9.17, 15) is 14.0 Å². The number of carbonyl (C=O) groups is 2. The summed E-state index contributed by atoms with van der Waals surface area (Å²) in [5.41, 5.74) is 1.26. The highest BCUT2D eigenvalue weighted by atomic mass is 19.1. The number of rotatable bonds is 7. The lowest BCUT2D eigenvalue weighted by Crippen LogP contribution is -2.39. The Kier molecular flexibility index (Phi) is 6.39. The third-order valence-corrected chi connectivity index (χ3v) is 4.53. The second-order valence-electron chi connectivity index (χ2n) is 6.89. The van der Waals surface area contributed by atoms with Crippen LogP contribution in [0.2, 0.25) is 0 Å². The molecule has 3 aromatic rings. The van der Waals surface area contributed by atoms with E-state index in [0.29, 0.717) is 11.4 Å². The molecule has 1 aromatic heterocycles. The zero-order valence-corrected chi connectivity index (χ0v) is 16.3. The van der Waals surface area contributed by atoms with E-state index in [2.05, 4.69) is 15.6 Å². The second kappa shape index (κ2) is 9.14. The monoisotopic (exact) mass is 394 g/mol. The molecule has 2 amide bonds. The summed E-state index contributed by atoms with van der Waals surface area (Å²) in [5, 5.41) is 5.77. The number of amides is 2. The van der Waals surface area contributed by atoms with Crippen molar-refractivity contribution < 1.29 is 14.0 Å². The summed E-state index contributed by atoms with van der Waals surface area (Å²) < 4.78 is 15.1. The molecule has 2 atom stereocenters. The van der Waals surface area contributed by atoms with Gasteiger partial charge in [-0.05, 0) is 36.8 Å². The van der Waals surface area contributed by atoms with Crippen molar-refractivity contribution in [2.75, 3.05) is 0 Å². The summed E-state index contributed by atoms with van der Waals surface area (Å²) in [6, 6.07) is 13.9. The molecule has 2 aromatic carbocycles. The summed E-state index contributed by atoms with van der Waals surface area (Å²) in [4.78, 5) is 29.2. The number of aromatic nitrogens is 2. The number of nitrogens with zero attached hydrogens (tertiary/aromatic N) is 2. The first kappa shape index (κ1) is 20.3. The lowest BCUT2D eigenvalue weighted by Gasteiger charge is -2.21. The van der Waals surface area contributed by atoms with Gasteiger partial charge in [0, 0.05) is 37.5 Å². The molecule has 0 aliphatic carbocycles. The van der Waals surface area contributed by atoms with Crippen LogP contribution in [0.4, 0.5) is 4.39 Å². The fourth-order valence-electron chi connectivity index (χ4n) is 3.05. The minimum absolute atomic E-state index is 0.0979. The number of carbonyl (C=O) groups excluding carboxylic acids is 2. The van der Waals surface area contributed by atoms with E-state index >= 15 is 0 Å². The highest BCUT2D eigenvalue weighted by Gasteiger charge is 2.22. The van der Waals surface area contributed by atoms with Crippen molar-refractivity contribution in [1.82, 2.24) is 20.2 Å². The van der Waals surface area contributed by atoms with Gasteiger partial charge in [-0.3, -0.25) is 9.59 Å². The molecule has 0 spiro atoms. The van der Waals surface area contributed by atoms with Gasteiger partial charge in [0.25, 0.3) is 5.91 Å². The maximum absolute atomic E-state index is 13.3. The van der Waals surface area contributed by atoms with Crippen LogP contribution in [-0.2, 0) is 11.8 Å². The largest absolute Gasteiger partial charge is 0.349 e. The first-order valence-electron chi connectivity index (χ1n) is 9.32. The van der Waals surface area contributed by atoms with Gasteiger partial charge in [0.15, 0.2) is 0 Å². The number of hydrogen-bond acceptors (Lipinski definition) is 3. The third-order valence-electron chi connectivity index (χ3n) is 4.53. The van der Waals surface area contributed by atoms with Crippen LogP contribution in [0.3, 0.4) is 0 Å². The summed E-state index contributed by atoms with van der Waals surface area (Å²) in [6.07, 6.45) is 3.52. The highest BCUT2D eigenvalue weighted by molar-refractivity contribution is 5.94. The van der Waals surface area contributed by atoms with Gasteiger partial charge >= 0.3 is 0 Å². The van der Waals surface area contributed by atoms with Crippen molar-refractivity contribution in [3.63, 3.8) is 0 Å². The highest BCUT2D eigenvalue weighted by Crippen LogP contribution is 2.21. The number of imidazole rings is 1. The Bertz CT molecular complexity index is 970. The van der Waals surface area contributed by atoms with E-state index in [-0.39, 0.29) is 30.1 Å². The van der Waals surface area contributed by atoms with Crippen molar-refractivity contribution in [3.05, 3.63) is 89.8 Å². The molecule has 0 bridgehead atoms. The molecule has 3 rings (SSSR count). The second-order valence-corrected chi connectivity index (χ2v) is 6.89. The Morgan fingerprint density at radius 1 is 1.07 bits per heavy atom. The van der Waals surface area contributed by atoms with Gasteiger partial charge < -0.3 is 15.2 Å². The Hall–Kier alpha value is -3.48. The molecule has 6 nitrogen and oxygen atoms in total. The predicted molar refractivity (Wildman–Crippen MR) is 108 cm³/mol. The maximum Gasteiger partial charge on any atom is 0.251 e. The Balaban J connectivity index is 1.67. The zero-order chi connectivity index (χ0) is 20.8. The van der Waals surface area contributed by atoms with E-state index in [0.717, 1.165) is 5.56 Å². The van der Waals surface area contributed by atoms with Crippen LogP contribution < -0.4 is 10.6 Å². The van der Waals surface area contributed by atoms with E-state index in [1.165, 1.54) is 12.1 Å². The first-order valence-corrected chi connectivity index (χ1v) is 9.32. The van der Waals surface area contributed by atoms with E-state index in [4.69, 9.17) is 0 Å². The SMILES string of the molecule is CC(CC(=O)NC(c1ccc(F)cc1)c1nccn1C)NC(=O)c1ccccc1. The summed E-state index contributed by atoms with van der Waals surface area (Å²) in [6.45, 7) is 1.77. The van der Waals surface area contributed by atoms with Gasteiger partial charge in [0.05, 0.1) is 0 Å². The van der Waals surface area contributed by atoms with Crippen molar-refractivity contribution in [2.24, 2.45) is 7.05 Å². The molecule has 0 aliphatic rings. The molecule has 2 unspecified atom stereocenters. The lowest BCUT2D eigenvalue weighted by atomic mass is 10.1. The van der Waals surface area contributed by atoms with E-state index in [1.807, 2.05) is 13.1 Å².